The van der Waals surface area contributed by atoms with Gasteiger partial charge in [-0.25, -0.2) is 9.13 Å². The highest BCUT2D eigenvalue weighted by atomic mass is 33.1. The van der Waals surface area contributed by atoms with E-state index in [4.69, 9.17) is 0 Å². The third-order valence-electron chi connectivity index (χ3n) is 7.12. The number of hydrogen-bond donors (Lipinski definition) is 2. The van der Waals surface area contributed by atoms with Crippen LogP contribution in [0.4, 0.5) is 11.4 Å². The number of benzene rings is 2. The Labute approximate surface area is 260 Å². The van der Waals surface area contributed by atoms with E-state index in [2.05, 4.69) is 157 Å². The SMILES string of the molecule is CC[n+]1ccc(/C(C)=C/c2ccc(NCCSSCCNc3ccc(/C=C(\C)c4cc[n+](CC)cc4)cc3)cc2)cc1. The van der Waals surface area contributed by atoms with Gasteiger partial charge in [0.1, 0.15) is 13.1 Å². The van der Waals surface area contributed by atoms with Crippen LogP contribution in [0.15, 0.2) is 97.6 Å². The van der Waals surface area contributed by atoms with Gasteiger partial charge in [0.25, 0.3) is 0 Å². The second-order valence-corrected chi connectivity index (χ2v) is 12.9. The molecule has 0 atom stereocenters. The van der Waals surface area contributed by atoms with Crippen LogP contribution in [0.2, 0.25) is 0 Å². The van der Waals surface area contributed by atoms with E-state index in [1.54, 1.807) is 0 Å². The fourth-order valence-electron chi connectivity index (χ4n) is 4.52. The largest absolute Gasteiger partial charge is 0.384 e. The molecule has 0 saturated heterocycles. The number of allylic oxidation sites excluding steroid dienone is 2. The Balaban J connectivity index is 1.09. The minimum absolute atomic E-state index is 0.955. The van der Waals surface area contributed by atoms with E-state index in [1.165, 1.54) is 44.8 Å². The third kappa shape index (κ3) is 10.1. The van der Waals surface area contributed by atoms with Gasteiger partial charge in [0.05, 0.1) is 0 Å². The van der Waals surface area contributed by atoms with Crippen molar-refractivity contribution in [2.75, 3.05) is 35.2 Å². The standard InChI is InChI=1S/C36H42N4S2/c1-5-39-21-15-33(16-22-39)29(3)27-31-7-11-35(12-8-31)37-19-25-41-42-26-20-38-36-13-9-32(10-14-36)28-30(4)34-17-23-40(6-2)24-18-34/h7-18,21-24,27-28H,5-6,19-20,25-26H2,1-4H3/p+2. The molecule has 2 aromatic heterocycles. The van der Waals surface area contributed by atoms with Gasteiger partial charge < -0.3 is 10.6 Å². The van der Waals surface area contributed by atoms with Crippen molar-refractivity contribution in [1.29, 1.82) is 0 Å². The monoisotopic (exact) mass is 596 g/mol. The summed E-state index contributed by atoms with van der Waals surface area (Å²) in [7, 11) is 3.84. The topological polar surface area (TPSA) is 31.8 Å². The van der Waals surface area contributed by atoms with Crippen LogP contribution >= 0.6 is 21.6 Å². The van der Waals surface area contributed by atoms with Gasteiger partial charge in [0, 0.05) is 60.2 Å². The summed E-state index contributed by atoms with van der Waals surface area (Å²) in [5.74, 6) is 2.13. The predicted molar refractivity (Wildman–Crippen MR) is 186 cm³/mol. The van der Waals surface area contributed by atoms with Gasteiger partial charge >= 0.3 is 0 Å². The van der Waals surface area contributed by atoms with Gasteiger partial charge in [-0.2, -0.15) is 0 Å². The Morgan fingerprint density at radius 1 is 0.571 bits per heavy atom. The summed E-state index contributed by atoms with van der Waals surface area (Å²) >= 11 is 0. The molecule has 0 unspecified atom stereocenters. The van der Waals surface area contributed by atoms with Crippen molar-refractivity contribution in [3.63, 3.8) is 0 Å². The zero-order valence-electron chi connectivity index (χ0n) is 25.3. The van der Waals surface area contributed by atoms with Crippen molar-refractivity contribution in [1.82, 2.24) is 0 Å². The van der Waals surface area contributed by atoms with Gasteiger partial charge in [-0.1, -0.05) is 58.0 Å². The summed E-state index contributed by atoms with van der Waals surface area (Å²) in [5.41, 5.74) is 9.85. The minimum atomic E-state index is 0.955. The molecule has 2 N–H and O–H groups in total. The van der Waals surface area contributed by atoms with Gasteiger partial charge in [-0.3, -0.25) is 0 Å². The Bertz CT molecular complexity index is 1310. The zero-order chi connectivity index (χ0) is 29.6. The predicted octanol–water partition coefficient (Wildman–Crippen LogP) is 8.33. The van der Waals surface area contributed by atoms with E-state index in [0.29, 0.717) is 0 Å². The molecule has 0 amide bonds. The van der Waals surface area contributed by atoms with E-state index in [9.17, 15) is 0 Å². The molecule has 0 saturated carbocycles. The molecule has 2 aromatic carbocycles. The minimum Gasteiger partial charge on any atom is -0.384 e. The molecular weight excluding hydrogens is 553 g/mol. The van der Waals surface area contributed by atoms with E-state index in [1.807, 2.05) is 21.6 Å². The molecule has 0 fully saturated rings. The van der Waals surface area contributed by atoms with Crippen LogP contribution in [0.1, 0.15) is 49.9 Å². The maximum Gasteiger partial charge on any atom is 0.169 e. The average Bonchev–Trinajstić information content (AvgIpc) is 3.04. The van der Waals surface area contributed by atoms with E-state index < -0.39 is 0 Å². The van der Waals surface area contributed by atoms with Gasteiger partial charge in [-0.15, -0.1) is 0 Å². The van der Waals surface area contributed by atoms with E-state index in [0.717, 1.165) is 37.7 Å². The van der Waals surface area contributed by atoms with E-state index in [-0.39, 0.29) is 0 Å². The van der Waals surface area contributed by atoms with Crippen LogP contribution in [0.25, 0.3) is 23.3 Å². The fraction of sp³-hybridized carbons (Fsp3) is 0.278. The highest BCUT2D eigenvalue weighted by molar-refractivity contribution is 8.76. The van der Waals surface area contributed by atoms with Crippen molar-refractivity contribution in [3.8, 4) is 0 Å². The van der Waals surface area contributed by atoms with Crippen molar-refractivity contribution in [2.24, 2.45) is 0 Å². The molecule has 4 nitrogen and oxygen atoms in total. The number of hydrogen-bond acceptors (Lipinski definition) is 4. The van der Waals surface area contributed by atoms with Crippen LogP contribution in [-0.4, -0.2) is 24.6 Å². The third-order valence-corrected chi connectivity index (χ3v) is 9.53. The highest BCUT2D eigenvalue weighted by Gasteiger charge is 2.03. The molecule has 0 aliphatic carbocycles. The van der Waals surface area contributed by atoms with Crippen LogP contribution in [-0.2, 0) is 13.1 Å². The highest BCUT2D eigenvalue weighted by Crippen LogP contribution is 2.22. The first-order chi connectivity index (χ1) is 20.5. The molecular formula is C36H44N4S2+2. The maximum absolute atomic E-state index is 3.54. The van der Waals surface area contributed by atoms with Crippen molar-refractivity contribution >= 4 is 56.3 Å². The van der Waals surface area contributed by atoms with Crippen LogP contribution in [0.5, 0.6) is 0 Å². The molecule has 4 rings (SSSR count). The molecule has 0 aliphatic heterocycles. The molecule has 0 bridgehead atoms. The second-order valence-electron chi connectivity index (χ2n) is 10.2. The Morgan fingerprint density at radius 2 is 0.929 bits per heavy atom. The molecule has 0 radical (unpaired) electrons. The molecule has 0 spiro atoms. The normalized spacial score (nSPS) is 11.9. The number of aromatic nitrogens is 2. The lowest BCUT2D eigenvalue weighted by atomic mass is 10.1. The first-order valence-electron chi connectivity index (χ1n) is 14.8. The Kier molecular flexibility index (Phi) is 12.6. The summed E-state index contributed by atoms with van der Waals surface area (Å²) in [4.78, 5) is 0. The summed E-state index contributed by atoms with van der Waals surface area (Å²) in [5, 5.41) is 7.08. The summed E-state index contributed by atoms with van der Waals surface area (Å²) in [6.07, 6.45) is 13.0. The molecule has 6 heteroatoms. The number of rotatable bonds is 15. The summed E-state index contributed by atoms with van der Waals surface area (Å²) < 4.78 is 4.36. The Morgan fingerprint density at radius 3 is 1.26 bits per heavy atom. The van der Waals surface area contributed by atoms with Crippen molar-refractivity contribution in [3.05, 3.63) is 120 Å². The zero-order valence-corrected chi connectivity index (χ0v) is 27.0. The molecule has 42 heavy (non-hydrogen) atoms. The second kappa shape index (κ2) is 16.8. The van der Waals surface area contributed by atoms with Gasteiger partial charge in [0.2, 0.25) is 0 Å². The van der Waals surface area contributed by atoms with E-state index >= 15 is 0 Å². The quantitative estimate of drug-likeness (QED) is 0.0821. The van der Waals surface area contributed by atoms with Crippen LogP contribution in [0, 0.1) is 0 Å². The molecule has 2 heterocycles. The number of anilines is 2. The van der Waals surface area contributed by atoms with Gasteiger partial charge in [0.15, 0.2) is 24.8 Å². The molecule has 4 aromatic rings. The van der Waals surface area contributed by atoms with Crippen LogP contribution < -0.4 is 19.8 Å². The lowest BCUT2D eigenvalue weighted by Crippen LogP contribution is -2.30. The van der Waals surface area contributed by atoms with Crippen LogP contribution in [0.3, 0.4) is 0 Å². The number of aryl methyl sites for hydroxylation is 2. The number of nitrogens with zero attached hydrogens (tertiary/aromatic N) is 2. The Hall–Kier alpha value is -3.48. The summed E-state index contributed by atoms with van der Waals surface area (Å²) in [6.45, 7) is 12.6. The maximum atomic E-state index is 3.54. The number of pyridine rings is 2. The van der Waals surface area contributed by atoms with Gasteiger partial charge in [-0.05, 0) is 85.4 Å². The molecule has 218 valence electrons. The van der Waals surface area contributed by atoms with Crippen molar-refractivity contribution in [2.45, 2.75) is 40.8 Å². The lowest BCUT2D eigenvalue weighted by molar-refractivity contribution is -0.693. The summed E-state index contributed by atoms with van der Waals surface area (Å²) in [6, 6.07) is 26.1. The fourth-order valence-corrected chi connectivity index (χ4v) is 6.33. The first-order valence-corrected chi connectivity index (χ1v) is 17.3. The average molecular weight is 597 g/mol. The lowest BCUT2D eigenvalue weighted by Gasteiger charge is -2.08. The first kappa shape index (κ1) is 31.5. The smallest absolute Gasteiger partial charge is 0.169 e. The molecule has 0 aliphatic rings. The number of nitrogens with one attached hydrogen (secondary N) is 2. The van der Waals surface area contributed by atoms with Crippen molar-refractivity contribution < 1.29 is 9.13 Å².